The molecule has 0 fully saturated rings. The highest BCUT2D eigenvalue weighted by molar-refractivity contribution is 5.28. The molecule has 2 aromatic rings. The number of hydrogen-bond donors (Lipinski definition) is 1. The lowest BCUT2D eigenvalue weighted by Crippen LogP contribution is -2.26. The predicted molar refractivity (Wildman–Crippen MR) is 72.9 cm³/mol. The van der Waals surface area contributed by atoms with E-state index in [1.165, 1.54) is 18.2 Å². The number of benzene rings is 2. The van der Waals surface area contributed by atoms with Gasteiger partial charge in [-0.05, 0) is 54.7 Å². The number of rotatable bonds is 4. The fourth-order valence-electron chi connectivity index (χ4n) is 2.19. The molecule has 3 heteroatoms. The van der Waals surface area contributed by atoms with Crippen LogP contribution in [0.1, 0.15) is 16.7 Å². The van der Waals surface area contributed by atoms with Gasteiger partial charge in [0.05, 0.1) is 0 Å². The summed E-state index contributed by atoms with van der Waals surface area (Å²) in [6.07, 6.45) is 1.09. The molecule has 1 nitrogen and oxygen atoms in total. The molecule has 0 amide bonds. The smallest absolute Gasteiger partial charge is 0.126 e. The molecular weight excluding hydrogens is 244 g/mol. The maximum atomic E-state index is 13.5. The first-order chi connectivity index (χ1) is 9.06. The summed E-state index contributed by atoms with van der Waals surface area (Å²) in [5.74, 6) is -0.474. The average Bonchev–Trinajstić information content (AvgIpc) is 2.36. The summed E-state index contributed by atoms with van der Waals surface area (Å²) in [6.45, 7) is 1.86. The molecule has 0 aromatic heterocycles. The van der Waals surface area contributed by atoms with Gasteiger partial charge in [0.15, 0.2) is 0 Å². The zero-order valence-electron chi connectivity index (χ0n) is 10.9. The number of halogens is 2. The Morgan fingerprint density at radius 1 is 1.00 bits per heavy atom. The van der Waals surface area contributed by atoms with Gasteiger partial charge in [-0.3, -0.25) is 0 Å². The SMILES string of the molecule is Cc1cc(F)ccc1CC(N)Cc1ccccc1F. The van der Waals surface area contributed by atoms with Gasteiger partial charge in [-0.1, -0.05) is 24.3 Å². The van der Waals surface area contributed by atoms with Gasteiger partial charge in [0.1, 0.15) is 11.6 Å². The van der Waals surface area contributed by atoms with Crippen LogP contribution in [0.25, 0.3) is 0 Å². The van der Waals surface area contributed by atoms with Crippen molar-refractivity contribution in [1.82, 2.24) is 0 Å². The molecule has 2 N–H and O–H groups in total. The van der Waals surface area contributed by atoms with E-state index < -0.39 is 0 Å². The molecule has 19 heavy (non-hydrogen) atoms. The monoisotopic (exact) mass is 261 g/mol. The topological polar surface area (TPSA) is 26.0 Å². The van der Waals surface area contributed by atoms with Crippen molar-refractivity contribution in [3.05, 3.63) is 70.8 Å². The molecule has 2 rings (SSSR count). The molecule has 0 aliphatic heterocycles. The maximum Gasteiger partial charge on any atom is 0.126 e. The van der Waals surface area contributed by atoms with E-state index in [1.54, 1.807) is 24.3 Å². The zero-order valence-corrected chi connectivity index (χ0v) is 10.9. The lowest BCUT2D eigenvalue weighted by Gasteiger charge is -2.14. The second-order valence-corrected chi connectivity index (χ2v) is 4.83. The van der Waals surface area contributed by atoms with Crippen LogP contribution in [0.4, 0.5) is 8.78 Å². The van der Waals surface area contributed by atoms with Crippen molar-refractivity contribution >= 4 is 0 Å². The summed E-state index contributed by atoms with van der Waals surface area (Å²) >= 11 is 0. The fraction of sp³-hybridized carbons (Fsp3) is 0.250. The Morgan fingerprint density at radius 2 is 1.68 bits per heavy atom. The molecule has 0 heterocycles. The first-order valence-electron chi connectivity index (χ1n) is 6.30. The van der Waals surface area contributed by atoms with Crippen molar-refractivity contribution in [2.45, 2.75) is 25.8 Å². The van der Waals surface area contributed by atoms with Crippen molar-refractivity contribution in [3.63, 3.8) is 0 Å². The van der Waals surface area contributed by atoms with E-state index in [9.17, 15) is 8.78 Å². The zero-order chi connectivity index (χ0) is 13.8. The normalized spacial score (nSPS) is 12.4. The molecule has 0 saturated heterocycles. The quantitative estimate of drug-likeness (QED) is 0.897. The minimum Gasteiger partial charge on any atom is -0.327 e. The summed E-state index contributed by atoms with van der Waals surface area (Å²) < 4.78 is 26.5. The fourth-order valence-corrected chi connectivity index (χ4v) is 2.19. The molecule has 0 saturated carbocycles. The molecule has 0 aliphatic rings. The number of hydrogen-bond acceptors (Lipinski definition) is 1. The minimum atomic E-state index is -0.246. The largest absolute Gasteiger partial charge is 0.327 e. The second-order valence-electron chi connectivity index (χ2n) is 4.83. The van der Waals surface area contributed by atoms with Gasteiger partial charge in [-0.25, -0.2) is 8.78 Å². The van der Waals surface area contributed by atoms with E-state index in [4.69, 9.17) is 5.73 Å². The lowest BCUT2D eigenvalue weighted by atomic mass is 9.97. The highest BCUT2D eigenvalue weighted by Gasteiger charge is 2.10. The molecule has 0 bridgehead atoms. The standard InChI is InChI=1S/C16H17F2N/c1-11-8-14(17)7-6-12(11)9-15(19)10-13-4-2-3-5-16(13)18/h2-8,15H,9-10,19H2,1H3. The summed E-state index contributed by atoms with van der Waals surface area (Å²) in [5, 5.41) is 0. The van der Waals surface area contributed by atoms with E-state index in [0.29, 0.717) is 18.4 Å². The van der Waals surface area contributed by atoms with Gasteiger partial charge in [0.25, 0.3) is 0 Å². The summed E-state index contributed by atoms with van der Waals surface area (Å²) in [4.78, 5) is 0. The Kier molecular flexibility index (Phi) is 4.27. The van der Waals surface area contributed by atoms with Gasteiger partial charge in [0.2, 0.25) is 0 Å². The number of aryl methyl sites for hydroxylation is 1. The lowest BCUT2D eigenvalue weighted by molar-refractivity contribution is 0.582. The predicted octanol–water partition coefficient (Wildman–Crippen LogP) is 3.39. The Morgan fingerprint density at radius 3 is 2.37 bits per heavy atom. The first-order valence-corrected chi connectivity index (χ1v) is 6.30. The van der Waals surface area contributed by atoms with Gasteiger partial charge in [-0.2, -0.15) is 0 Å². The third-order valence-electron chi connectivity index (χ3n) is 3.23. The van der Waals surface area contributed by atoms with E-state index in [2.05, 4.69) is 0 Å². The molecule has 1 atom stereocenters. The Bertz CT molecular complexity index is 566. The molecule has 1 unspecified atom stereocenters. The van der Waals surface area contributed by atoms with E-state index >= 15 is 0 Å². The van der Waals surface area contributed by atoms with Crippen LogP contribution in [0.15, 0.2) is 42.5 Å². The van der Waals surface area contributed by atoms with Crippen LogP contribution in [0, 0.1) is 18.6 Å². The second kappa shape index (κ2) is 5.93. The van der Waals surface area contributed by atoms with Crippen molar-refractivity contribution in [3.8, 4) is 0 Å². The van der Waals surface area contributed by atoms with E-state index in [0.717, 1.165) is 11.1 Å². The van der Waals surface area contributed by atoms with Crippen LogP contribution < -0.4 is 5.73 Å². The van der Waals surface area contributed by atoms with Crippen LogP contribution in [0.3, 0.4) is 0 Å². The molecule has 0 spiro atoms. The van der Waals surface area contributed by atoms with Crippen LogP contribution in [-0.4, -0.2) is 6.04 Å². The molecule has 2 aromatic carbocycles. The highest BCUT2D eigenvalue weighted by atomic mass is 19.1. The number of nitrogens with two attached hydrogens (primary N) is 1. The van der Waals surface area contributed by atoms with Crippen LogP contribution in [-0.2, 0) is 12.8 Å². The molecule has 100 valence electrons. The van der Waals surface area contributed by atoms with Crippen LogP contribution in [0.2, 0.25) is 0 Å². The minimum absolute atomic E-state index is 0.180. The maximum absolute atomic E-state index is 13.5. The van der Waals surface area contributed by atoms with Gasteiger partial charge in [-0.15, -0.1) is 0 Å². The van der Waals surface area contributed by atoms with Crippen molar-refractivity contribution in [2.75, 3.05) is 0 Å². The average molecular weight is 261 g/mol. The van der Waals surface area contributed by atoms with Crippen LogP contribution >= 0.6 is 0 Å². The van der Waals surface area contributed by atoms with Crippen LogP contribution in [0.5, 0.6) is 0 Å². The Hall–Kier alpha value is -1.74. The Balaban J connectivity index is 2.05. The van der Waals surface area contributed by atoms with Gasteiger partial charge >= 0.3 is 0 Å². The van der Waals surface area contributed by atoms with Crippen molar-refractivity contribution in [2.24, 2.45) is 5.73 Å². The summed E-state index contributed by atoms with van der Waals surface area (Å²) in [6, 6.07) is 11.1. The molecule has 0 aliphatic carbocycles. The van der Waals surface area contributed by atoms with Gasteiger partial charge in [0, 0.05) is 6.04 Å². The summed E-state index contributed by atoms with van der Waals surface area (Å²) in [5.41, 5.74) is 8.56. The van der Waals surface area contributed by atoms with E-state index in [-0.39, 0.29) is 17.7 Å². The third kappa shape index (κ3) is 3.61. The molecule has 0 radical (unpaired) electrons. The first kappa shape index (κ1) is 13.7. The highest BCUT2D eigenvalue weighted by Crippen LogP contribution is 2.15. The summed E-state index contributed by atoms with van der Waals surface area (Å²) in [7, 11) is 0. The van der Waals surface area contributed by atoms with Gasteiger partial charge < -0.3 is 5.73 Å². The Labute approximate surface area is 112 Å². The van der Waals surface area contributed by atoms with Crippen molar-refractivity contribution in [1.29, 1.82) is 0 Å². The molecular formula is C16H17F2N. The third-order valence-corrected chi connectivity index (χ3v) is 3.23. The van der Waals surface area contributed by atoms with Crippen molar-refractivity contribution < 1.29 is 8.78 Å². The van der Waals surface area contributed by atoms with E-state index in [1.807, 2.05) is 6.92 Å².